The summed E-state index contributed by atoms with van der Waals surface area (Å²) in [5.41, 5.74) is 0. The van der Waals surface area contributed by atoms with Crippen LogP contribution < -0.4 is 4.90 Å². The van der Waals surface area contributed by atoms with E-state index in [-0.39, 0.29) is 0 Å². The van der Waals surface area contributed by atoms with Gasteiger partial charge in [0.1, 0.15) is 0 Å². The molecule has 0 aliphatic carbocycles. The molecule has 1 unspecified atom stereocenters. The zero-order valence-electron chi connectivity index (χ0n) is 12.8. The first-order valence-corrected chi connectivity index (χ1v) is 7.75. The predicted molar refractivity (Wildman–Crippen MR) is 84.1 cm³/mol. The van der Waals surface area contributed by atoms with Gasteiger partial charge in [-0.2, -0.15) is 0 Å². The molecule has 1 heterocycles. The van der Waals surface area contributed by atoms with Gasteiger partial charge in [-0.3, -0.25) is 4.57 Å². The van der Waals surface area contributed by atoms with Crippen LogP contribution in [0, 0.1) is 0 Å². The maximum absolute atomic E-state index is 4.34. The van der Waals surface area contributed by atoms with Crippen LogP contribution >= 0.6 is 11.8 Å². The van der Waals surface area contributed by atoms with Crippen molar-refractivity contribution in [3.63, 3.8) is 0 Å². The standard InChI is InChI=1S/C14H26N4S/c1-7-8-9-10-12(4)19-14-16-15-13(17(5)6)18(14)11(2)3/h7,11-12H,1,8-10H2,2-6H3. The summed E-state index contributed by atoms with van der Waals surface area (Å²) in [5, 5.41) is 10.2. The summed E-state index contributed by atoms with van der Waals surface area (Å²) in [6.45, 7) is 10.4. The molecule has 0 radical (unpaired) electrons. The Morgan fingerprint density at radius 3 is 2.53 bits per heavy atom. The zero-order valence-corrected chi connectivity index (χ0v) is 13.6. The minimum Gasteiger partial charge on any atom is -0.347 e. The SMILES string of the molecule is C=CCCCC(C)Sc1nnc(N(C)C)n1C(C)C. The van der Waals surface area contributed by atoms with Crippen LogP contribution in [0.4, 0.5) is 5.95 Å². The highest BCUT2D eigenvalue weighted by Gasteiger charge is 2.18. The molecule has 0 aliphatic heterocycles. The summed E-state index contributed by atoms with van der Waals surface area (Å²) >= 11 is 1.82. The Kier molecular flexibility index (Phi) is 6.42. The van der Waals surface area contributed by atoms with Crippen molar-refractivity contribution in [3.05, 3.63) is 12.7 Å². The normalized spacial score (nSPS) is 12.7. The second kappa shape index (κ2) is 7.58. The molecule has 0 amide bonds. The smallest absolute Gasteiger partial charge is 0.227 e. The van der Waals surface area contributed by atoms with Crippen LogP contribution in [0.15, 0.2) is 17.8 Å². The van der Waals surface area contributed by atoms with Crippen LogP contribution in [-0.4, -0.2) is 34.1 Å². The Labute approximate surface area is 121 Å². The van der Waals surface area contributed by atoms with Gasteiger partial charge in [0.25, 0.3) is 0 Å². The van der Waals surface area contributed by atoms with E-state index in [9.17, 15) is 0 Å². The van der Waals surface area contributed by atoms with Gasteiger partial charge in [-0.15, -0.1) is 16.8 Å². The number of thioether (sulfide) groups is 1. The fraction of sp³-hybridized carbons (Fsp3) is 0.714. The van der Waals surface area contributed by atoms with Crippen molar-refractivity contribution in [1.82, 2.24) is 14.8 Å². The molecule has 1 atom stereocenters. The van der Waals surface area contributed by atoms with Crippen LogP contribution in [0.2, 0.25) is 0 Å². The van der Waals surface area contributed by atoms with Gasteiger partial charge in [0.2, 0.25) is 5.95 Å². The van der Waals surface area contributed by atoms with Gasteiger partial charge >= 0.3 is 0 Å². The molecule has 5 heteroatoms. The molecule has 108 valence electrons. The second-order valence-electron chi connectivity index (χ2n) is 5.29. The Morgan fingerprint density at radius 2 is 2.00 bits per heavy atom. The van der Waals surface area contributed by atoms with Crippen LogP contribution in [0.3, 0.4) is 0 Å². The van der Waals surface area contributed by atoms with Gasteiger partial charge in [0.15, 0.2) is 5.16 Å². The van der Waals surface area contributed by atoms with Crippen LogP contribution in [-0.2, 0) is 0 Å². The molecule has 19 heavy (non-hydrogen) atoms. The van der Waals surface area contributed by atoms with E-state index in [1.165, 1.54) is 12.8 Å². The molecular formula is C14H26N4S. The quantitative estimate of drug-likeness (QED) is 0.413. The number of rotatable bonds is 8. The molecule has 0 aromatic carbocycles. The summed E-state index contributed by atoms with van der Waals surface area (Å²) in [6.07, 6.45) is 5.44. The number of unbranched alkanes of at least 4 members (excludes halogenated alkanes) is 1. The lowest BCUT2D eigenvalue weighted by molar-refractivity contribution is 0.548. The van der Waals surface area contributed by atoms with Crippen molar-refractivity contribution in [1.29, 1.82) is 0 Å². The number of anilines is 1. The molecule has 1 rings (SSSR count). The fourth-order valence-electron chi connectivity index (χ4n) is 1.90. The van der Waals surface area contributed by atoms with E-state index in [0.717, 1.165) is 17.5 Å². The highest BCUT2D eigenvalue weighted by molar-refractivity contribution is 7.99. The summed E-state index contributed by atoms with van der Waals surface area (Å²) in [5.74, 6) is 0.927. The Bertz CT molecular complexity index is 398. The molecule has 4 nitrogen and oxygen atoms in total. The Hall–Kier alpha value is -0.970. The Morgan fingerprint density at radius 1 is 1.32 bits per heavy atom. The molecule has 0 saturated heterocycles. The van der Waals surface area contributed by atoms with Crippen LogP contribution in [0.25, 0.3) is 0 Å². The zero-order chi connectivity index (χ0) is 14.4. The molecule has 1 aromatic rings. The monoisotopic (exact) mass is 282 g/mol. The maximum atomic E-state index is 4.34. The third-order valence-electron chi connectivity index (χ3n) is 2.89. The number of hydrogen-bond donors (Lipinski definition) is 0. The highest BCUT2D eigenvalue weighted by atomic mass is 32.2. The third-order valence-corrected chi connectivity index (χ3v) is 4.02. The van der Waals surface area contributed by atoms with Gasteiger partial charge in [0, 0.05) is 25.4 Å². The lowest BCUT2D eigenvalue weighted by Crippen LogP contribution is -2.17. The van der Waals surface area contributed by atoms with Gasteiger partial charge in [0.05, 0.1) is 0 Å². The van der Waals surface area contributed by atoms with E-state index in [1.54, 1.807) is 0 Å². The number of hydrogen-bond acceptors (Lipinski definition) is 4. The van der Waals surface area contributed by atoms with Crippen molar-refractivity contribution >= 4 is 17.7 Å². The summed E-state index contributed by atoms with van der Waals surface area (Å²) < 4.78 is 2.20. The highest BCUT2D eigenvalue weighted by Crippen LogP contribution is 2.30. The summed E-state index contributed by atoms with van der Waals surface area (Å²) in [6, 6.07) is 0.371. The van der Waals surface area contributed by atoms with Gasteiger partial charge in [-0.05, 0) is 33.1 Å². The van der Waals surface area contributed by atoms with Crippen molar-refractivity contribution in [3.8, 4) is 0 Å². The van der Waals surface area contributed by atoms with E-state index >= 15 is 0 Å². The van der Waals surface area contributed by atoms with Crippen molar-refractivity contribution < 1.29 is 0 Å². The van der Waals surface area contributed by atoms with E-state index < -0.39 is 0 Å². The fourth-order valence-corrected chi connectivity index (χ4v) is 3.03. The lowest BCUT2D eigenvalue weighted by atomic mass is 10.2. The first-order valence-electron chi connectivity index (χ1n) is 6.87. The molecule has 0 N–H and O–H groups in total. The minimum absolute atomic E-state index is 0.371. The van der Waals surface area contributed by atoms with Crippen molar-refractivity contribution in [2.45, 2.75) is 56.5 Å². The van der Waals surface area contributed by atoms with Gasteiger partial charge < -0.3 is 4.90 Å². The molecule has 0 bridgehead atoms. The van der Waals surface area contributed by atoms with E-state index in [4.69, 9.17) is 0 Å². The molecule has 0 saturated carbocycles. The number of nitrogens with zero attached hydrogens (tertiary/aromatic N) is 4. The Balaban J connectivity index is 2.75. The second-order valence-corrected chi connectivity index (χ2v) is 6.69. The average molecular weight is 282 g/mol. The van der Waals surface area contributed by atoms with Crippen molar-refractivity contribution in [2.75, 3.05) is 19.0 Å². The molecular weight excluding hydrogens is 256 g/mol. The van der Waals surface area contributed by atoms with E-state index in [0.29, 0.717) is 11.3 Å². The number of aromatic nitrogens is 3. The van der Waals surface area contributed by atoms with E-state index in [2.05, 4.69) is 42.1 Å². The lowest BCUT2D eigenvalue weighted by Gasteiger charge is -2.19. The average Bonchev–Trinajstić information content (AvgIpc) is 2.73. The number of allylic oxidation sites excluding steroid dienone is 1. The van der Waals surface area contributed by atoms with Crippen LogP contribution in [0.1, 0.15) is 46.1 Å². The predicted octanol–water partition coefficient (Wildman–Crippen LogP) is 3.76. The molecule has 0 fully saturated rings. The first kappa shape index (κ1) is 16.1. The third kappa shape index (κ3) is 4.56. The van der Waals surface area contributed by atoms with Crippen molar-refractivity contribution in [2.24, 2.45) is 0 Å². The van der Waals surface area contributed by atoms with Gasteiger partial charge in [-0.1, -0.05) is 24.8 Å². The summed E-state index contributed by atoms with van der Waals surface area (Å²) in [7, 11) is 4.01. The van der Waals surface area contributed by atoms with E-state index in [1.807, 2.05) is 36.8 Å². The first-order chi connectivity index (χ1) is 8.97. The largest absolute Gasteiger partial charge is 0.347 e. The molecule has 0 aliphatic rings. The maximum Gasteiger partial charge on any atom is 0.227 e. The topological polar surface area (TPSA) is 34.0 Å². The molecule has 0 spiro atoms. The summed E-state index contributed by atoms with van der Waals surface area (Å²) in [4.78, 5) is 2.01. The minimum atomic E-state index is 0.371. The van der Waals surface area contributed by atoms with Crippen LogP contribution in [0.5, 0.6) is 0 Å². The molecule has 1 aromatic heterocycles. The van der Waals surface area contributed by atoms with Gasteiger partial charge in [-0.25, -0.2) is 0 Å².